The van der Waals surface area contributed by atoms with Gasteiger partial charge in [-0.15, -0.1) is 0 Å². The number of pyridine rings is 1. The molecule has 0 atom stereocenters. The molecule has 0 saturated carbocycles. The zero-order valence-electron chi connectivity index (χ0n) is 8.00. The van der Waals surface area contributed by atoms with Gasteiger partial charge in [0.1, 0.15) is 0 Å². The van der Waals surface area contributed by atoms with Crippen molar-refractivity contribution in [2.45, 2.75) is 13.5 Å². The van der Waals surface area contributed by atoms with Crippen LogP contribution >= 0.6 is 0 Å². The number of nitrogens with one attached hydrogen (secondary N) is 1. The van der Waals surface area contributed by atoms with Gasteiger partial charge in [0.05, 0.1) is 0 Å². The first-order valence-corrected chi connectivity index (χ1v) is 4.54. The Balaban J connectivity index is 2.93. The molecule has 0 aliphatic rings. The summed E-state index contributed by atoms with van der Waals surface area (Å²) < 4.78 is 0. The van der Waals surface area contributed by atoms with Crippen molar-refractivity contribution in [1.82, 2.24) is 4.98 Å². The molecule has 0 aliphatic heterocycles. The summed E-state index contributed by atoms with van der Waals surface area (Å²) in [6, 6.07) is 7.46. The van der Waals surface area contributed by atoms with E-state index in [1.165, 1.54) is 0 Å². The van der Waals surface area contributed by atoms with Crippen LogP contribution in [0.25, 0.3) is 10.9 Å². The van der Waals surface area contributed by atoms with Crippen LogP contribution in [0.15, 0.2) is 29.1 Å². The second-order valence-electron chi connectivity index (χ2n) is 3.31. The van der Waals surface area contributed by atoms with Crippen LogP contribution in [0.3, 0.4) is 0 Å². The number of hydrogen-bond donors (Lipinski definition) is 2. The first-order chi connectivity index (χ1) is 6.74. The molecule has 0 saturated heterocycles. The molecule has 0 bridgehead atoms. The van der Waals surface area contributed by atoms with Gasteiger partial charge in [0.25, 0.3) is 0 Å². The number of fused-ring (bicyclic) bond motifs is 1. The zero-order valence-corrected chi connectivity index (χ0v) is 8.00. The van der Waals surface area contributed by atoms with Crippen molar-refractivity contribution in [3.05, 3.63) is 45.7 Å². The fourth-order valence-corrected chi connectivity index (χ4v) is 1.65. The smallest absolute Gasteiger partial charge is 0.194 e. The minimum Gasteiger partial charge on any atom is -0.358 e. The average Bonchev–Trinajstić information content (AvgIpc) is 2.18. The van der Waals surface area contributed by atoms with Gasteiger partial charge in [-0.05, 0) is 19.1 Å². The molecule has 0 fully saturated rings. The number of H-pyrrole nitrogens is 1. The Morgan fingerprint density at radius 1 is 1.36 bits per heavy atom. The molecule has 3 heteroatoms. The highest BCUT2D eigenvalue weighted by atomic mass is 16.1. The van der Waals surface area contributed by atoms with Crippen LogP contribution in [0.1, 0.15) is 11.3 Å². The van der Waals surface area contributed by atoms with Gasteiger partial charge >= 0.3 is 0 Å². The van der Waals surface area contributed by atoms with Crippen molar-refractivity contribution in [2.75, 3.05) is 0 Å². The van der Waals surface area contributed by atoms with E-state index in [4.69, 9.17) is 5.73 Å². The van der Waals surface area contributed by atoms with Gasteiger partial charge in [-0.25, -0.2) is 0 Å². The van der Waals surface area contributed by atoms with Gasteiger partial charge in [0.15, 0.2) is 5.43 Å². The van der Waals surface area contributed by atoms with Crippen molar-refractivity contribution in [1.29, 1.82) is 0 Å². The van der Waals surface area contributed by atoms with E-state index in [2.05, 4.69) is 4.98 Å². The topological polar surface area (TPSA) is 58.9 Å². The van der Waals surface area contributed by atoms with Gasteiger partial charge in [0, 0.05) is 28.7 Å². The van der Waals surface area contributed by atoms with Gasteiger partial charge in [0.2, 0.25) is 0 Å². The predicted octanol–water partition coefficient (Wildman–Crippen LogP) is 1.30. The molecule has 14 heavy (non-hydrogen) atoms. The lowest BCUT2D eigenvalue weighted by molar-refractivity contribution is 1.01. The minimum atomic E-state index is 0.0411. The van der Waals surface area contributed by atoms with E-state index in [0.29, 0.717) is 10.9 Å². The summed E-state index contributed by atoms with van der Waals surface area (Å²) in [5, 5.41) is 0.707. The monoisotopic (exact) mass is 188 g/mol. The SMILES string of the molecule is Cc1[nH]c2ccccc2c(=O)c1CN. The molecule has 0 radical (unpaired) electrons. The summed E-state index contributed by atoms with van der Waals surface area (Å²) >= 11 is 0. The van der Waals surface area contributed by atoms with Crippen LogP contribution in [0, 0.1) is 6.92 Å². The van der Waals surface area contributed by atoms with Crippen molar-refractivity contribution in [2.24, 2.45) is 5.73 Å². The molecule has 0 unspecified atom stereocenters. The standard InChI is InChI=1S/C11H12N2O/c1-7-9(6-12)11(14)8-4-2-3-5-10(8)13-7/h2-5H,6,12H2,1H3,(H,13,14). The molecule has 72 valence electrons. The number of aromatic amines is 1. The number of rotatable bonds is 1. The summed E-state index contributed by atoms with van der Waals surface area (Å²) in [4.78, 5) is 15.1. The van der Waals surface area contributed by atoms with Crippen LogP contribution in [0.2, 0.25) is 0 Å². The third-order valence-electron chi connectivity index (χ3n) is 2.42. The molecule has 3 N–H and O–H groups in total. The fraction of sp³-hybridized carbons (Fsp3) is 0.182. The van der Waals surface area contributed by atoms with Gasteiger partial charge < -0.3 is 10.7 Å². The Labute approximate surface area is 81.6 Å². The minimum absolute atomic E-state index is 0.0411. The van der Waals surface area contributed by atoms with Crippen LogP contribution in [-0.2, 0) is 6.54 Å². The van der Waals surface area contributed by atoms with Gasteiger partial charge in [-0.3, -0.25) is 4.79 Å². The summed E-state index contributed by atoms with van der Waals surface area (Å²) in [6.07, 6.45) is 0. The Morgan fingerprint density at radius 3 is 2.79 bits per heavy atom. The van der Waals surface area contributed by atoms with Crippen LogP contribution in [0.4, 0.5) is 0 Å². The van der Waals surface area contributed by atoms with Crippen LogP contribution in [0.5, 0.6) is 0 Å². The second kappa shape index (κ2) is 3.27. The van der Waals surface area contributed by atoms with E-state index in [0.717, 1.165) is 11.2 Å². The highest BCUT2D eigenvalue weighted by Crippen LogP contribution is 2.09. The maximum atomic E-state index is 11.9. The van der Waals surface area contributed by atoms with E-state index in [1.54, 1.807) is 0 Å². The van der Waals surface area contributed by atoms with Crippen molar-refractivity contribution < 1.29 is 0 Å². The molecule has 0 amide bonds. The first kappa shape index (κ1) is 8.97. The molecular formula is C11H12N2O. The van der Waals surface area contributed by atoms with E-state index < -0.39 is 0 Å². The summed E-state index contributed by atoms with van der Waals surface area (Å²) in [5.41, 5.74) is 7.96. The predicted molar refractivity (Wildman–Crippen MR) is 57.2 cm³/mol. The van der Waals surface area contributed by atoms with E-state index in [9.17, 15) is 4.79 Å². The Hall–Kier alpha value is -1.61. The van der Waals surface area contributed by atoms with Crippen molar-refractivity contribution >= 4 is 10.9 Å². The number of aryl methyl sites for hydroxylation is 1. The first-order valence-electron chi connectivity index (χ1n) is 4.54. The number of nitrogens with two attached hydrogens (primary N) is 1. The van der Waals surface area contributed by atoms with Crippen molar-refractivity contribution in [3.8, 4) is 0 Å². The normalized spacial score (nSPS) is 10.7. The molecule has 0 spiro atoms. The summed E-state index contributed by atoms with van der Waals surface area (Å²) in [5.74, 6) is 0. The number of hydrogen-bond acceptors (Lipinski definition) is 2. The average molecular weight is 188 g/mol. The summed E-state index contributed by atoms with van der Waals surface area (Å²) in [6.45, 7) is 2.15. The molecular weight excluding hydrogens is 176 g/mol. The Morgan fingerprint density at radius 2 is 2.07 bits per heavy atom. The molecule has 0 aliphatic carbocycles. The van der Waals surface area contributed by atoms with Gasteiger partial charge in [-0.1, -0.05) is 12.1 Å². The number of para-hydroxylation sites is 1. The highest BCUT2D eigenvalue weighted by Gasteiger charge is 2.06. The van der Waals surface area contributed by atoms with Crippen molar-refractivity contribution in [3.63, 3.8) is 0 Å². The summed E-state index contributed by atoms with van der Waals surface area (Å²) in [7, 11) is 0. The van der Waals surface area contributed by atoms with Crippen LogP contribution < -0.4 is 11.2 Å². The third-order valence-corrected chi connectivity index (χ3v) is 2.42. The Bertz CT molecular complexity index is 528. The highest BCUT2D eigenvalue weighted by molar-refractivity contribution is 5.79. The van der Waals surface area contributed by atoms with Gasteiger partial charge in [-0.2, -0.15) is 0 Å². The molecule has 2 aromatic rings. The number of aromatic nitrogens is 1. The Kier molecular flexibility index (Phi) is 2.09. The molecule has 2 rings (SSSR count). The molecule has 1 aromatic heterocycles. The van der Waals surface area contributed by atoms with E-state index in [-0.39, 0.29) is 12.0 Å². The fourth-order valence-electron chi connectivity index (χ4n) is 1.65. The number of benzene rings is 1. The lowest BCUT2D eigenvalue weighted by Crippen LogP contribution is -2.16. The molecule has 3 nitrogen and oxygen atoms in total. The second-order valence-corrected chi connectivity index (χ2v) is 3.31. The lowest BCUT2D eigenvalue weighted by Gasteiger charge is -2.05. The van der Waals surface area contributed by atoms with E-state index in [1.807, 2.05) is 31.2 Å². The largest absolute Gasteiger partial charge is 0.358 e. The van der Waals surface area contributed by atoms with E-state index >= 15 is 0 Å². The van der Waals surface area contributed by atoms with Crippen LogP contribution in [-0.4, -0.2) is 4.98 Å². The molecule has 1 heterocycles. The third kappa shape index (κ3) is 1.22. The maximum Gasteiger partial charge on any atom is 0.194 e. The lowest BCUT2D eigenvalue weighted by atomic mass is 10.1. The maximum absolute atomic E-state index is 11.9. The quantitative estimate of drug-likeness (QED) is 0.708. The molecule has 1 aromatic carbocycles. The zero-order chi connectivity index (χ0) is 10.1.